The minimum absolute atomic E-state index is 0.0808. The summed E-state index contributed by atoms with van der Waals surface area (Å²) in [6.07, 6.45) is 5.06. The summed E-state index contributed by atoms with van der Waals surface area (Å²) in [5.41, 5.74) is 1.07. The van der Waals surface area contributed by atoms with Gasteiger partial charge in [-0.3, -0.25) is 9.78 Å². The minimum Gasteiger partial charge on any atom is -0.352 e. The molecule has 6 nitrogen and oxygen atoms in total. The Morgan fingerprint density at radius 2 is 1.77 bits per heavy atom. The number of hydrogen-bond acceptors (Lipinski definition) is 4. The molecule has 0 saturated carbocycles. The summed E-state index contributed by atoms with van der Waals surface area (Å²) < 4.78 is 27.4. The number of piperidine rings is 1. The van der Waals surface area contributed by atoms with Crippen LogP contribution in [0.15, 0.2) is 53.6 Å². The maximum Gasteiger partial charge on any atom is 0.252 e. The van der Waals surface area contributed by atoms with Gasteiger partial charge in [0.1, 0.15) is 0 Å². The van der Waals surface area contributed by atoms with Gasteiger partial charge >= 0.3 is 0 Å². The minimum atomic E-state index is -3.65. The fraction of sp³-hybridized carbons (Fsp3) is 0.368. The van der Waals surface area contributed by atoms with Gasteiger partial charge in [0.15, 0.2) is 0 Å². The fourth-order valence-corrected chi connectivity index (χ4v) is 4.78. The van der Waals surface area contributed by atoms with Crippen LogP contribution in [0.5, 0.6) is 0 Å². The predicted octanol–water partition coefficient (Wildman–Crippen LogP) is 2.23. The van der Waals surface area contributed by atoms with Crippen LogP contribution in [0.2, 0.25) is 0 Å². The summed E-state index contributed by atoms with van der Waals surface area (Å²) in [4.78, 5) is 16.9. The number of rotatable bonds is 6. The van der Waals surface area contributed by atoms with Crippen molar-refractivity contribution in [3.05, 3.63) is 59.9 Å². The van der Waals surface area contributed by atoms with Gasteiger partial charge in [-0.15, -0.1) is 0 Å². The standard InChI is InChI=1S/C19H23N3O3S/c23-19(21-13-11-16-8-4-5-12-20-16)17-9-2-3-10-18(17)26(24,25)22-14-6-1-7-15-22/h2-5,8-10,12H,1,6-7,11,13-15H2,(H,21,23). The summed E-state index contributed by atoms with van der Waals surface area (Å²) >= 11 is 0. The maximum atomic E-state index is 12.9. The largest absolute Gasteiger partial charge is 0.352 e. The molecule has 0 atom stereocenters. The molecule has 138 valence electrons. The highest BCUT2D eigenvalue weighted by Crippen LogP contribution is 2.23. The number of sulfonamides is 1. The molecule has 3 rings (SSSR count). The second-order valence-corrected chi connectivity index (χ2v) is 8.19. The molecule has 0 spiro atoms. The zero-order valence-electron chi connectivity index (χ0n) is 14.6. The number of benzene rings is 1. The van der Waals surface area contributed by atoms with Crippen LogP contribution in [-0.4, -0.2) is 43.2 Å². The molecular weight excluding hydrogens is 350 g/mol. The summed E-state index contributed by atoms with van der Waals surface area (Å²) in [6, 6.07) is 12.0. The smallest absolute Gasteiger partial charge is 0.252 e. The van der Waals surface area contributed by atoms with Gasteiger partial charge < -0.3 is 5.32 Å². The molecule has 2 aromatic rings. The van der Waals surface area contributed by atoms with Crippen LogP contribution in [0.25, 0.3) is 0 Å². The first-order chi connectivity index (χ1) is 12.6. The van der Waals surface area contributed by atoms with Gasteiger partial charge in [-0.2, -0.15) is 4.31 Å². The average molecular weight is 373 g/mol. The van der Waals surface area contributed by atoms with E-state index in [1.165, 1.54) is 10.4 Å². The second kappa shape index (κ2) is 8.42. The van der Waals surface area contributed by atoms with Crippen LogP contribution in [-0.2, 0) is 16.4 Å². The number of amides is 1. The van der Waals surface area contributed by atoms with Gasteiger partial charge in [-0.1, -0.05) is 24.6 Å². The van der Waals surface area contributed by atoms with E-state index in [-0.39, 0.29) is 16.4 Å². The molecule has 1 aliphatic heterocycles. The van der Waals surface area contributed by atoms with Gasteiger partial charge in [0.2, 0.25) is 10.0 Å². The topological polar surface area (TPSA) is 79.4 Å². The van der Waals surface area contributed by atoms with Crippen molar-refractivity contribution in [3.8, 4) is 0 Å². The first-order valence-electron chi connectivity index (χ1n) is 8.86. The van der Waals surface area contributed by atoms with E-state index in [0.29, 0.717) is 26.1 Å². The Labute approximate surface area is 154 Å². The van der Waals surface area contributed by atoms with Gasteiger partial charge in [-0.25, -0.2) is 8.42 Å². The van der Waals surface area contributed by atoms with E-state index in [2.05, 4.69) is 10.3 Å². The second-order valence-electron chi connectivity index (χ2n) is 6.29. The van der Waals surface area contributed by atoms with Crippen molar-refractivity contribution < 1.29 is 13.2 Å². The molecule has 0 unspecified atom stereocenters. The van der Waals surface area contributed by atoms with Gasteiger partial charge in [0.05, 0.1) is 10.5 Å². The molecule has 26 heavy (non-hydrogen) atoms. The third kappa shape index (κ3) is 4.28. The number of aromatic nitrogens is 1. The van der Waals surface area contributed by atoms with Crippen LogP contribution < -0.4 is 5.32 Å². The van der Waals surface area contributed by atoms with Crippen LogP contribution in [0.4, 0.5) is 0 Å². The third-order valence-corrected chi connectivity index (χ3v) is 6.41. The first-order valence-corrected chi connectivity index (χ1v) is 10.3. The molecule has 1 amide bonds. The van der Waals surface area contributed by atoms with Crippen molar-refractivity contribution >= 4 is 15.9 Å². The number of pyridine rings is 1. The Hall–Kier alpha value is -2.25. The number of nitrogens with one attached hydrogen (secondary N) is 1. The lowest BCUT2D eigenvalue weighted by atomic mass is 10.2. The number of carbonyl (C=O) groups excluding carboxylic acids is 1. The highest BCUT2D eigenvalue weighted by molar-refractivity contribution is 7.89. The lowest BCUT2D eigenvalue weighted by Crippen LogP contribution is -2.37. The molecule has 1 aliphatic rings. The van der Waals surface area contributed by atoms with E-state index in [1.54, 1.807) is 24.4 Å². The van der Waals surface area contributed by atoms with Crippen LogP contribution >= 0.6 is 0 Å². The highest BCUT2D eigenvalue weighted by Gasteiger charge is 2.29. The summed E-state index contributed by atoms with van der Waals surface area (Å²) in [5.74, 6) is -0.378. The molecular formula is C19H23N3O3S. The maximum absolute atomic E-state index is 12.9. The van der Waals surface area contributed by atoms with E-state index in [1.807, 2.05) is 18.2 Å². The molecule has 1 fully saturated rings. The Kier molecular flexibility index (Phi) is 6.00. The zero-order valence-corrected chi connectivity index (χ0v) is 15.4. The summed E-state index contributed by atoms with van der Waals surface area (Å²) in [6.45, 7) is 1.42. The Bertz CT molecular complexity index is 847. The number of hydrogen-bond donors (Lipinski definition) is 1. The van der Waals surface area contributed by atoms with Crippen molar-refractivity contribution in [1.82, 2.24) is 14.6 Å². The summed E-state index contributed by atoms with van der Waals surface area (Å²) in [7, 11) is -3.65. The van der Waals surface area contributed by atoms with Gasteiger partial charge in [-0.05, 0) is 37.1 Å². The third-order valence-electron chi connectivity index (χ3n) is 4.46. The van der Waals surface area contributed by atoms with Crippen LogP contribution in [0.1, 0.15) is 35.3 Å². The lowest BCUT2D eigenvalue weighted by Gasteiger charge is -2.26. The Balaban J connectivity index is 1.72. The van der Waals surface area contributed by atoms with Gasteiger partial charge in [0.25, 0.3) is 5.91 Å². The average Bonchev–Trinajstić information content (AvgIpc) is 2.69. The molecule has 1 saturated heterocycles. The molecule has 0 radical (unpaired) electrons. The fourth-order valence-electron chi connectivity index (χ4n) is 3.07. The van der Waals surface area contributed by atoms with E-state index in [0.717, 1.165) is 25.0 Å². The van der Waals surface area contributed by atoms with E-state index < -0.39 is 10.0 Å². The van der Waals surface area contributed by atoms with Crippen molar-refractivity contribution in [1.29, 1.82) is 0 Å². The number of carbonyl (C=O) groups is 1. The van der Waals surface area contributed by atoms with Crippen molar-refractivity contribution in [3.63, 3.8) is 0 Å². The molecule has 1 aromatic carbocycles. The van der Waals surface area contributed by atoms with Crippen LogP contribution in [0.3, 0.4) is 0 Å². The molecule has 1 aromatic heterocycles. The highest BCUT2D eigenvalue weighted by atomic mass is 32.2. The Morgan fingerprint density at radius 3 is 2.50 bits per heavy atom. The molecule has 1 N–H and O–H groups in total. The first kappa shape index (κ1) is 18.5. The van der Waals surface area contributed by atoms with Crippen molar-refractivity contribution in [2.24, 2.45) is 0 Å². The predicted molar refractivity (Wildman–Crippen MR) is 99.3 cm³/mol. The number of nitrogens with zero attached hydrogens (tertiary/aromatic N) is 2. The molecule has 0 aliphatic carbocycles. The Morgan fingerprint density at radius 1 is 1.04 bits per heavy atom. The molecule has 7 heteroatoms. The van der Waals surface area contributed by atoms with E-state index in [4.69, 9.17) is 0 Å². The van der Waals surface area contributed by atoms with Crippen LogP contribution in [0, 0.1) is 0 Å². The monoisotopic (exact) mass is 373 g/mol. The van der Waals surface area contributed by atoms with E-state index >= 15 is 0 Å². The molecule has 2 heterocycles. The normalized spacial score (nSPS) is 15.5. The lowest BCUT2D eigenvalue weighted by molar-refractivity contribution is 0.0950. The summed E-state index contributed by atoms with van der Waals surface area (Å²) in [5, 5.41) is 2.80. The van der Waals surface area contributed by atoms with Crippen molar-refractivity contribution in [2.75, 3.05) is 19.6 Å². The quantitative estimate of drug-likeness (QED) is 0.842. The molecule has 0 bridgehead atoms. The van der Waals surface area contributed by atoms with Gasteiger partial charge in [0, 0.05) is 37.9 Å². The van der Waals surface area contributed by atoms with Crippen molar-refractivity contribution in [2.45, 2.75) is 30.6 Å². The van der Waals surface area contributed by atoms with E-state index in [9.17, 15) is 13.2 Å². The zero-order chi connectivity index (χ0) is 18.4. The SMILES string of the molecule is O=C(NCCc1ccccn1)c1ccccc1S(=O)(=O)N1CCCCC1.